The van der Waals surface area contributed by atoms with E-state index in [9.17, 15) is 5.11 Å². The van der Waals surface area contributed by atoms with Crippen molar-refractivity contribution in [2.75, 3.05) is 7.11 Å². The summed E-state index contributed by atoms with van der Waals surface area (Å²) >= 11 is 1.69. The highest BCUT2D eigenvalue weighted by Gasteiger charge is 2.16. The molecule has 0 fully saturated rings. The van der Waals surface area contributed by atoms with Crippen molar-refractivity contribution < 1.29 is 9.84 Å². The molecule has 0 bridgehead atoms. The number of rotatable bonds is 5. The number of aryl methyl sites for hydroxylation is 1. The van der Waals surface area contributed by atoms with Gasteiger partial charge in [0.15, 0.2) is 0 Å². The Kier molecular flexibility index (Phi) is 4.62. The molecule has 0 amide bonds. The predicted molar refractivity (Wildman–Crippen MR) is 81.5 cm³/mol. The molecular formula is C15H20N2O2S. The Hall–Kier alpha value is -1.59. The SMILES string of the molecule is COc1ccc(C(C)NC(C)c2ncc(C)s2)c(O)c1. The van der Waals surface area contributed by atoms with Crippen LogP contribution in [0.2, 0.25) is 0 Å². The van der Waals surface area contributed by atoms with Crippen LogP contribution in [0.4, 0.5) is 0 Å². The zero-order valence-corrected chi connectivity index (χ0v) is 13.0. The van der Waals surface area contributed by atoms with Crippen LogP contribution in [0.15, 0.2) is 24.4 Å². The number of thiazole rings is 1. The molecule has 1 aromatic carbocycles. The summed E-state index contributed by atoms with van der Waals surface area (Å²) in [5.41, 5.74) is 0.853. The highest BCUT2D eigenvalue weighted by atomic mass is 32.1. The van der Waals surface area contributed by atoms with E-state index in [1.54, 1.807) is 24.5 Å². The lowest BCUT2D eigenvalue weighted by Crippen LogP contribution is -2.22. The number of hydrogen-bond acceptors (Lipinski definition) is 5. The fourth-order valence-corrected chi connectivity index (χ4v) is 2.91. The van der Waals surface area contributed by atoms with Crippen molar-refractivity contribution in [1.29, 1.82) is 0 Å². The average Bonchev–Trinajstić information content (AvgIpc) is 2.85. The van der Waals surface area contributed by atoms with Gasteiger partial charge in [0.2, 0.25) is 0 Å². The third kappa shape index (κ3) is 3.29. The van der Waals surface area contributed by atoms with E-state index in [-0.39, 0.29) is 17.8 Å². The number of nitrogens with zero attached hydrogens (tertiary/aromatic N) is 1. The largest absolute Gasteiger partial charge is 0.507 e. The van der Waals surface area contributed by atoms with E-state index in [0.29, 0.717) is 5.75 Å². The molecule has 108 valence electrons. The number of nitrogens with one attached hydrogen (secondary N) is 1. The summed E-state index contributed by atoms with van der Waals surface area (Å²) in [6.07, 6.45) is 1.88. The molecule has 2 atom stereocenters. The third-order valence-corrected chi connectivity index (χ3v) is 4.31. The van der Waals surface area contributed by atoms with Crippen LogP contribution in [0, 0.1) is 6.92 Å². The quantitative estimate of drug-likeness (QED) is 0.884. The minimum Gasteiger partial charge on any atom is -0.507 e. The molecule has 4 nitrogen and oxygen atoms in total. The molecule has 2 N–H and O–H groups in total. The number of hydrogen-bond donors (Lipinski definition) is 2. The van der Waals surface area contributed by atoms with Crippen molar-refractivity contribution in [3.8, 4) is 11.5 Å². The van der Waals surface area contributed by atoms with Gasteiger partial charge in [0, 0.05) is 28.7 Å². The van der Waals surface area contributed by atoms with E-state index in [2.05, 4.69) is 17.2 Å². The van der Waals surface area contributed by atoms with Crippen molar-refractivity contribution in [3.63, 3.8) is 0 Å². The minimum absolute atomic E-state index is 0.0279. The first-order valence-electron chi connectivity index (χ1n) is 6.56. The summed E-state index contributed by atoms with van der Waals surface area (Å²) in [6.45, 7) is 6.15. The van der Waals surface area contributed by atoms with Crippen molar-refractivity contribution >= 4 is 11.3 Å². The van der Waals surface area contributed by atoms with Gasteiger partial charge in [-0.1, -0.05) is 6.07 Å². The number of benzene rings is 1. The second kappa shape index (κ2) is 6.24. The number of phenols is 1. The number of methoxy groups -OCH3 is 1. The van der Waals surface area contributed by atoms with E-state index in [1.165, 1.54) is 4.88 Å². The van der Waals surface area contributed by atoms with Gasteiger partial charge in [-0.3, -0.25) is 0 Å². The maximum Gasteiger partial charge on any atom is 0.124 e. The lowest BCUT2D eigenvalue weighted by Gasteiger charge is -2.20. The van der Waals surface area contributed by atoms with Gasteiger partial charge in [0.1, 0.15) is 16.5 Å². The highest BCUT2D eigenvalue weighted by Crippen LogP contribution is 2.30. The molecule has 5 heteroatoms. The number of phenolic OH excluding ortho intramolecular Hbond substituents is 1. The molecule has 20 heavy (non-hydrogen) atoms. The molecular weight excluding hydrogens is 272 g/mol. The van der Waals surface area contributed by atoms with Gasteiger partial charge in [-0.15, -0.1) is 11.3 Å². The smallest absolute Gasteiger partial charge is 0.124 e. The van der Waals surface area contributed by atoms with Gasteiger partial charge in [-0.05, 0) is 26.8 Å². The number of ether oxygens (including phenoxy) is 1. The fourth-order valence-electron chi connectivity index (χ4n) is 2.13. The molecule has 1 heterocycles. The Balaban J connectivity index is 2.09. The van der Waals surface area contributed by atoms with Crippen LogP contribution >= 0.6 is 11.3 Å². The molecule has 0 saturated carbocycles. The lowest BCUT2D eigenvalue weighted by molar-refractivity contribution is 0.402. The van der Waals surface area contributed by atoms with E-state index in [4.69, 9.17) is 4.74 Å². The molecule has 0 radical (unpaired) electrons. The van der Waals surface area contributed by atoms with Gasteiger partial charge in [0.25, 0.3) is 0 Å². The van der Waals surface area contributed by atoms with Crippen LogP contribution in [0.1, 0.15) is 41.4 Å². The molecule has 1 aromatic heterocycles. The Labute approximate surface area is 123 Å². The Morgan fingerprint density at radius 3 is 2.60 bits per heavy atom. The van der Waals surface area contributed by atoms with Crippen LogP contribution in [-0.4, -0.2) is 17.2 Å². The maximum atomic E-state index is 10.0. The fraction of sp³-hybridized carbons (Fsp3) is 0.400. The maximum absolute atomic E-state index is 10.0. The van der Waals surface area contributed by atoms with Gasteiger partial charge in [0.05, 0.1) is 13.2 Å². The van der Waals surface area contributed by atoms with Crippen molar-refractivity contribution in [2.45, 2.75) is 32.9 Å². The third-order valence-electron chi connectivity index (χ3n) is 3.21. The van der Waals surface area contributed by atoms with Crippen LogP contribution < -0.4 is 10.1 Å². The second-order valence-electron chi connectivity index (χ2n) is 4.84. The van der Waals surface area contributed by atoms with E-state index in [1.807, 2.05) is 32.2 Å². The van der Waals surface area contributed by atoms with Crippen molar-refractivity contribution in [1.82, 2.24) is 10.3 Å². The zero-order valence-electron chi connectivity index (χ0n) is 12.2. The first kappa shape index (κ1) is 14.8. The van der Waals surface area contributed by atoms with Crippen molar-refractivity contribution in [2.24, 2.45) is 0 Å². The summed E-state index contributed by atoms with van der Waals surface area (Å²) in [6, 6.07) is 5.54. The zero-order chi connectivity index (χ0) is 14.7. The molecule has 2 rings (SSSR count). The van der Waals surface area contributed by atoms with Gasteiger partial charge in [-0.2, -0.15) is 0 Å². The molecule has 2 aromatic rings. The normalized spacial score (nSPS) is 14.0. The summed E-state index contributed by atoms with van der Waals surface area (Å²) in [5, 5.41) is 14.6. The molecule has 0 aliphatic rings. The van der Waals surface area contributed by atoms with Crippen molar-refractivity contribution in [3.05, 3.63) is 39.8 Å². The molecule has 0 spiro atoms. The van der Waals surface area contributed by atoms with Crippen LogP contribution in [0.25, 0.3) is 0 Å². The number of aromatic hydroxyl groups is 1. The average molecular weight is 292 g/mol. The molecule has 0 saturated heterocycles. The minimum atomic E-state index is 0.0279. The molecule has 0 aliphatic heterocycles. The van der Waals surface area contributed by atoms with Crippen LogP contribution in [-0.2, 0) is 0 Å². The first-order chi connectivity index (χ1) is 9.51. The van der Waals surface area contributed by atoms with Gasteiger partial charge in [-0.25, -0.2) is 4.98 Å². The van der Waals surface area contributed by atoms with Crippen LogP contribution in [0.5, 0.6) is 11.5 Å². The van der Waals surface area contributed by atoms with Gasteiger partial charge < -0.3 is 15.2 Å². The topological polar surface area (TPSA) is 54.4 Å². The molecule has 2 unspecified atom stereocenters. The van der Waals surface area contributed by atoms with E-state index in [0.717, 1.165) is 10.6 Å². The Bertz CT molecular complexity index is 583. The molecule has 0 aliphatic carbocycles. The Morgan fingerprint density at radius 1 is 1.30 bits per heavy atom. The highest BCUT2D eigenvalue weighted by molar-refractivity contribution is 7.11. The monoisotopic (exact) mass is 292 g/mol. The van der Waals surface area contributed by atoms with E-state index >= 15 is 0 Å². The second-order valence-corrected chi connectivity index (χ2v) is 6.11. The summed E-state index contributed by atoms with van der Waals surface area (Å²) in [5.74, 6) is 0.897. The standard InChI is InChI=1S/C15H20N2O2S/c1-9-8-16-15(20-9)11(3)17-10(2)13-6-5-12(19-4)7-14(13)18/h5-8,10-11,17-18H,1-4H3. The summed E-state index contributed by atoms with van der Waals surface area (Å²) < 4.78 is 5.09. The Morgan fingerprint density at radius 2 is 2.05 bits per heavy atom. The summed E-state index contributed by atoms with van der Waals surface area (Å²) in [7, 11) is 1.59. The van der Waals surface area contributed by atoms with Crippen LogP contribution in [0.3, 0.4) is 0 Å². The van der Waals surface area contributed by atoms with Gasteiger partial charge >= 0.3 is 0 Å². The first-order valence-corrected chi connectivity index (χ1v) is 7.38. The van der Waals surface area contributed by atoms with E-state index < -0.39 is 0 Å². The summed E-state index contributed by atoms with van der Waals surface area (Å²) in [4.78, 5) is 5.59. The lowest BCUT2D eigenvalue weighted by atomic mass is 10.1. The number of aromatic nitrogens is 1. The predicted octanol–water partition coefficient (Wildman–Crippen LogP) is 3.58.